The van der Waals surface area contributed by atoms with Gasteiger partial charge in [-0.15, -0.1) is 0 Å². The fraction of sp³-hybridized carbons (Fsp3) is 0.438. The van der Waals surface area contributed by atoms with Crippen LogP contribution >= 0.6 is 0 Å². The Kier molecular flexibility index (Phi) is 2.96. The molecule has 0 amide bonds. The standard InChI is InChI=1S/C16H17FN2O2/c17-10-1-3-14-12(7-10)13-9-19(6-5-15(13)18-14)8-11-2-4-16(20)21-11/h1,3,7,11,18H,2,4-6,8-9H2. The van der Waals surface area contributed by atoms with Gasteiger partial charge in [-0.05, 0) is 30.2 Å². The van der Waals surface area contributed by atoms with Gasteiger partial charge in [0, 0.05) is 49.1 Å². The van der Waals surface area contributed by atoms with E-state index in [0.717, 1.165) is 43.4 Å². The summed E-state index contributed by atoms with van der Waals surface area (Å²) in [4.78, 5) is 16.9. The van der Waals surface area contributed by atoms with Crippen LogP contribution in [0, 0.1) is 5.82 Å². The Morgan fingerprint density at radius 1 is 1.38 bits per heavy atom. The van der Waals surface area contributed by atoms with E-state index in [1.165, 1.54) is 17.3 Å². The Bertz CT molecular complexity index is 710. The minimum Gasteiger partial charge on any atom is -0.461 e. The van der Waals surface area contributed by atoms with Crippen molar-refractivity contribution < 1.29 is 13.9 Å². The highest BCUT2D eigenvalue weighted by molar-refractivity contribution is 5.85. The first kappa shape index (κ1) is 12.8. The molecule has 110 valence electrons. The van der Waals surface area contributed by atoms with Crippen molar-refractivity contribution >= 4 is 16.9 Å². The van der Waals surface area contributed by atoms with E-state index >= 15 is 0 Å². The number of fused-ring (bicyclic) bond motifs is 3. The lowest BCUT2D eigenvalue weighted by atomic mass is 10.0. The Morgan fingerprint density at radius 2 is 2.29 bits per heavy atom. The van der Waals surface area contributed by atoms with E-state index in [1.54, 1.807) is 12.1 Å². The van der Waals surface area contributed by atoms with Crippen molar-refractivity contribution in [3.63, 3.8) is 0 Å². The fourth-order valence-corrected chi connectivity index (χ4v) is 3.40. The van der Waals surface area contributed by atoms with E-state index in [-0.39, 0.29) is 17.9 Å². The topological polar surface area (TPSA) is 45.3 Å². The third-order valence-corrected chi connectivity index (χ3v) is 4.45. The fourth-order valence-electron chi connectivity index (χ4n) is 3.40. The summed E-state index contributed by atoms with van der Waals surface area (Å²) in [6, 6.07) is 4.88. The number of hydrogen-bond acceptors (Lipinski definition) is 3. The minimum atomic E-state index is -0.203. The van der Waals surface area contributed by atoms with Crippen LogP contribution in [0.15, 0.2) is 18.2 Å². The number of cyclic esters (lactones) is 1. The first-order valence-electron chi connectivity index (χ1n) is 7.40. The van der Waals surface area contributed by atoms with E-state index < -0.39 is 0 Å². The van der Waals surface area contributed by atoms with Crippen LogP contribution in [0.5, 0.6) is 0 Å². The van der Waals surface area contributed by atoms with Gasteiger partial charge in [-0.25, -0.2) is 4.39 Å². The normalized spacial score (nSPS) is 22.5. The van der Waals surface area contributed by atoms with Crippen molar-refractivity contribution in [2.24, 2.45) is 0 Å². The number of esters is 1. The van der Waals surface area contributed by atoms with Gasteiger partial charge in [0.1, 0.15) is 11.9 Å². The number of ether oxygens (including phenoxy) is 1. The van der Waals surface area contributed by atoms with Gasteiger partial charge in [-0.1, -0.05) is 0 Å². The van der Waals surface area contributed by atoms with Crippen molar-refractivity contribution in [2.75, 3.05) is 13.1 Å². The maximum absolute atomic E-state index is 13.5. The van der Waals surface area contributed by atoms with Crippen LogP contribution in [0.4, 0.5) is 4.39 Å². The number of nitrogens with one attached hydrogen (secondary N) is 1. The summed E-state index contributed by atoms with van der Waals surface area (Å²) < 4.78 is 18.8. The third-order valence-electron chi connectivity index (χ3n) is 4.45. The zero-order valence-electron chi connectivity index (χ0n) is 11.7. The Hall–Kier alpha value is -1.88. The SMILES string of the molecule is O=C1CCC(CN2CCc3[nH]c4ccc(F)cc4c3C2)O1. The summed E-state index contributed by atoms with van der Waals surface area (Å²) in [5.41, 5.74) is 3.38. The van der Waals surface area contributed by atoms with Crippen molar-refractivity contribution in [2.45, 2.75) is 31.9 Å². The lowest BCUT2D eigenvalue weighted by molar-refractivity contribution is -0.142. The summed E-state index contributed by atoms with van der Waals surface area (Å²) in [7, 11) is 0. The number of H-pyrrole nitrogens is 1. The molecule has 1 unspecified atom stereocenters. The average molecular weight is 288 g/mol. The molecular formula is C16H17FN2O2. The lowest BCUT2D eigenvalue weighted by Gasteiger charge is -2.28. The van der Waals surface area contributed by atoms with Gasteiger partial charge in [0.25, 0.3) is 0 Å². The van der Waals surface area contributed by atoms with Crippen molar-refractivity contribution in [1.29, 1.82) is 0 Å². The maximum atomic E-state index is 13.5. The maximum Gasteiger partial charge on any atom is 0.306 e. The number of hydrogen-bond donors (Lipinski definition) is 1. The molecular weight excluding hydrogens is 271 g/mol. The van der Waals surface area contributed by atoms with Gasteiger partial charge >= 0.3 is 5.97 Å². The number of benzene rings is 1. The van der Waals surface area contributed by atoms with Crippen molar-refractivity contribution in [3.05, 3.63) is 35.3 Å². The predicted octanol–water partition coefficient (Wildman–Crippen LogP) is 2.37. The van der Waals surface area contributed by atoms with Crippen molar-refractivity contribution in [3.8, 4) is 0 Å². The monoisotopic (exact) mass is 288 g/mol. The molecule has 3 heterocycles. The summed E-state index contributed by atoms with van der Waals surface area (Å²) in [5.74, 6) is -0.294. The largest absolute Gasteiger partial charge is 0.461 e. The van der Waals surface area contributed by atoms with Crippen LogP contribution in [0.25, 0.3) is 10.9 Å². The van der Waals surface area contributed by atoms with E-state index in [2.05, 4.69) is 9.88 Å². The van der Waals surface area contributed by atoms with Crippen LogP contribution in [-0.2, 0) is 22.5 Å². The first-order chi connectivity index (χ1) is 10.2. The van der Waals surface area contributed by atoms with E-state index in [9.17, 15) is 9.18 Å². The van der Waals surface area contributed by atoms with Crippen molar-refractivity contribution in [1.82, 2.24) is 9.88 Å². The molecule has 2 aliphatic heterocycles. The summed E-state index contributed by atoms with van der Waals surface area (Å²) >= 11 is 0. The van der Waals surface area contributed by atoms with Crippen LogP contribution in [0.2, 0.25) is 0 Å². The van der Waals surface area contributed by atoms with E-state index in [4.69, 9.17) is 4.74 Å². The molecule has 2 aliphatic rings. The molecule has 0 saturated carbocycles. The molecule has 1 aromatic carbocycles. The molecule has 5 heteroatoms. The molecule has 0 radical (unpaired) electrons. The molecule has 4 rings (SSSR count). The average Bonchev–Trinajstić information content (AvgIpc) is 3.02. The molecule has 1 aromatic heterocycles. The van der Waals surface area contributed by atoms with Crippen LogP contribution < -0.4 is 0 Å². The highest BCUT2D eigenvalue weighted by Gasteiger charge is 2.28. The second kappa shape index (κ2) is 4.84. The third kappa shape index (κ3) is 2.31. The van der Waals surface area contributed by atoms with Crippen LogP contribution in [0.1, 0.15) is 24.1 Å². The number of nitrogens with zero attached hydrogens (tertiary/aromatic N) is 1. The number of carbonyl (C=O) groups is 1. The van der Waals surface area contributed by atoms with Gasteiger partial charge in [-0.2, -0.15) is 0 Å². The Labute approximate surface area is 121 Å². The molecule has 0 aliphatic carbocycles. The molecule has 0 bridgehead atoms. The smallest absolute Gasteiger partial charge is 0.306 e. The zero-order chi connectivity index (χ0) is 14.4. The van der Waals surface area contributed by atoms with E-state index in [1.807, 2.05) is 0 Å². The molecule has 1 N–H and O–H groups in total. The van der Waals surface area contributed by atoms with Crippen LogP contribution in [0.3, 0.4) is 0 Å². The van der Waals surface area contributed by atoms with Gasteiger partial charge in [-0.3, -0.25) is 9.69 Å². The summed E-state index contributed by atoms with van der Waals surface area (Å²) in [5, 5.41) is 0.970. The Morgan fingerprint density at radius 3 is 3.10 bits per heavy atom. The molecule has 4 nitrogen and oxygen atoms in total. The summed E-state index contributed by atoms with van der Waals surface area (Å²) in [6.07, 6.45) is 2.28. The molecule has 1 saturated heterocycles. The second-order valence-corrected chi connectivity index (χ2v) is 5.91. The first-order valence-corrected chi connectivity index (χ1v) is 7.40. The summed E-state index contributed by atoms with van der Waals surface area (Å²) in [6.45, 7) is 2.50. The van der Waals surface area contributed by atoms with E-state index in [0.29, 0.717) is 6.42 Å². The van der Waals surface area contributed by atoms with Gasteiger partial charge in [0.2, 0.25) is 0 Å². The predicted molar refractivity (Wildman–Crippen MR) is 76.4 cm³/mol. The van der Waals surface area contributed by atoms with Gasteiger partial charge in [0.05, 0.1) is 0 Å². The number of carbonyl (C=O) groups excluding carboxylic acids is 1. The highest BCUT2D eigenvalue weighted by atomic mass is 19.1. The molecule has 1 atom stereocenters. The van der Waals surface area contributed by atoms with Crippen LogP contribution in [-0.4, -0.2) is 35.0 Å². The number of aromatic nitrogens is 1. The molecule has 0 spiro atoms. The minimum absolute atomic E-state index is 0.0148. The number of aromatic amines is 1. The van der Waals surface area contributed by atoms with Gasteiger partial charge in [0.15, 0.2) is 0 Å². The zero-order valence-corrected chi connectivity index (χ0v) is 11.7. The Balaban J connectivity index is 1.57. The molecule has 1 fully saturated rings. The number of rotatable bonds is 2. The lowest BCUT2D eigenvalue weighted by Crippen LogP contribution is -2.36. The molecule has 2 aromatic rings. The highest BCUT2D eigenvalue weighted by Crippen LogP contribution is 2.29. The molecule has 21 heavy (non-hydrogen) atoms. The quantitative estimate of drug-likeness (QED) is 0.863. The van der Waals surface area contributed by atoms with Gasteiger partial charge < -0.3 is 9.72 Å². The number of halogens is 1. The second-order valence-electron chi connectivity index (χ2n) is 5.91.